The van der Waals surface area contributed by atoms with E-state index >= 15 is 0 Å². The van der Waals surface area contributed by atoms with Crippen LogP contribution in [-0.2, 0) is 25.5 Å². The largest absolute Gasteiger partial charge is 0.449 e. The number of amides is 4. The third-order valence-corrected chi connectivity index (χ3v) is 11.2. The summed E-state index contributed by atoms with van der Waals surface area (Å²) in [6.07, 6.45) is 7.27. The molecule has 4 aromatic rings. The highest BCUT2D eigenvalue weighted by molar-refractivity contribution is 5.99. The molecule has 2 atom stereocenters. The van der Waals surface area contributed by atoms with Crippen molar-refractivity contribution in [2.24, 2.45) is 5.92 Å². The normalized spacial score (nSPS) is 15.1. The van der Waals surface area contributed by atoms with Crippen LogP contribution in [0.1, 0.15) is 115 Å². The van der Waals surface area contributed by atoms with Crippen LogP contribution in [0.5, 0.6) is 0 Å². The molecule has 0 bridgehead atoms. The van der Waals surface area contributed by atoms with Gasteiger partial charge in [-0.05, 0) is 98.7 Å². The van der Waals surface area contributed by atoms with Crippen LogP contribution >= 0.6 is 0 Å². The number of benzene rings is 3. The van der Waals surface area contributed by atoms with Gasteiger partial charge in [0.05, 0.1) is 5.52 Å². The number of carbonyl (C=O) groups is 4. The van der Waals surface area contributed by atoms with E-state index < -0.39 is 41.7 Å². The number of unbranched alkanes of at least 4 members (excludes halogenated alkanes) is 1. The average Bonchev–Trinajstić information content (AvgIpc) is 3.52. The molecule has 0 spiro atoms. The van der Waals surface area contributed by atoms with Gasteiger partial charge < -0.3 is 35.7 Å². The van der Waals surface area contributed by atoms with Gasteiger partial charge in [0.2, 0.25) is 17.4 Å². The van der Waals surface area contributed by atoms with Crippen LogP contribution in [-0.4, -0.2) is 59.8 Å². The van der Waals surface area contributed by atoms with Gasteiger partial charge in [-0.15, -0.1) is 0 Å². The maximum absolute atomic E-state index is 14.3. The van der Waals surface area contributed by atoms with Crippen molar-refractivity contribution in [3.05, 3.63) is 99.8 Å². The smallest absolute Gasteiger partial charge is 0.407 e. The maximum atomic E-state index is 14.3. The Kier molecular flexibility index (Phi) is 14.5. The highest BCUT2D eigenvalue weighted by atomic mass is 16.6. The second-order valence-corrected chi connectivity index (χ2v) is 16.9. The van der Waals surface area contributed by atoms with E-state index in [0.29, 0.717) is 37.0 Å². The second-order valence-electron chi connectivity index (χ2n) is 16.9. The number of aromatic amines is 1. The first kappa shape index (κ1) is 42.9. The zero-order chi connectivity index (χ0) is 41.9. The van der Waals surface area contributed by atoms with Gasteiger partial charge in [-0.3, -0.25) is 14.4 Å². The molecule has 5 N–H and O–H groups in total. The van der Waals surface area contributed by atoms with Crippen LogP contribution in [0, 0.1) is 5.92 Å². The minimum Gasteiger partial charge on any atom is -0.449 e. The molecule has 12 heteroatoms. The van der Waals surface area contributed by atoms with Crippen molar-refractivity contribution in [1.29, 1.82) is 0 Å². The average molecular weight is 806 g/mol. The highest BCUT2D eigenvalue weighted by Gasteiger charge is 2.32. The van der Waals surface area contributed by atoms with E-state index in [9.17, 15) is 24.0 Å². The Morgan fingerprint density at radius 3 is 2.19 bits per heavy atom. The number of hydrogen-bond donors (Lipinski definition) is 5. The SMILES string of the molecule is CCCc1cc(=O)[nH]c2cc(NC(=O)C(CCCCNC(=O)OC(C)(C)C)NC(=O)C(CC3CCCCC3)NC(=O)OCC3c4ccccc4-c4ccccc43)ccc12. The van der Waals surface area contributed by atoms with E-state index in [4.69, 9.17) is 9.47 Å². The summed E-state index contributed by atoms with van der Waals surface area (Å²) < 4.78 is 11.2. The molecule has 2 aliphatic rings. The summed E-state index contributed by atoms with van der Waals surface area (Å²) in [5.74, 6) is -0.814. The van der Waals surface area contributed by atoms with Gasteiger partial charge in [-0.2, -0.15) is 0 Å². The zero-order valence-corrected chi connectivity index (χ0v) is 34.8. The number of alkyl carbamates (subject to hydrolysis) is 2. The van der Waals surface area contributed by atoms with Crippen molar-refractivity contribution in [3.63, 3.8) is 0 Å². The Hall–Kier alpha value is -5.65. The summed E-state index contributed by atoms with van der Waals surface area (Å²) in [5, 5.41) is 12.4. The standard InChI is InChI=1S/C47H59N5O7/c1-5-15-31-27-42(53)50-40-28-32(23-24-33(31)40)49-43(54)39(22-13-14-25-48-45(56)59-47(2,3)4)51-44(55)41(26-30-16-7-6-8-17-30)52-46(57)58-29-38-36-20-11-9-18-34(36)35-19-10-12-21-37(35)38/h9-12,18-21,23-24,27-28,30,38-39,41H,5-8,13-17,22,25-26,29H2,1-4H3,(H,48,56)(H,49,54)(H,50,53)(H,51,55)(H,52,57). The monoisotopic (exact) mass is 805 g/mol. The molecule has 1 saturated carbocycles. The molecular formula is C47H59N5O7. The molecule has 2 unspecified atom stereocenters. The van der Waals surface area contributed by atoms with Crippen molar-refractivity contribution in [2.45, 2.75) is 122 Å². The van der Waals surface area contributed by atoms with Gasteiger partial charge >= 0.3 is 12.2 Å². The predicted octanol–water partition coefficient (Wildman–Crippen LogP) is 8.48. The number of nitrogens with one attached hydrogen (secondary N) is 5. The number of ether oxygens (including phenoxy) is 2. The summed E-state index contributed by atoms with van der Waals surface area (Å²) in [6.45, 7) is 7.86. The fourth-order valence-electron chi connectivity index (χ4n) is 8.41. The van der Waals surface area contributed by atoms with Crippen LogP contribution in [0.3, 0.4) is 0 Å². The van der Waals surface area contributed by atoms with E-state index in [1.54, 1.807) is 39.0 Å². The molecule has 1 fully saturated rings. The molecule has 1 heterocycles. The third kappa shape index (κ3) is 11.7. The minimum absolute atomic E-state index is 0.108. The molecule has 1 aromatic heterocycles. The molecule has 59 heavy (non-hydrogen) atoms. The van der Waals surface area contributed by atoms with Gasteiger partial charge in [0.15, 0.2) is 0 Å². The number of rotatable bonds is 16. The van der Waals surface area contributed by atoms with E-state index in [1.807, 2.05) is 30.3 Å². The Labute approximate surface area is 346 Å². The van der Waals surface area contributed by atoms with Crippen molar-refractivity contribution < 1.29 is 28.7 Å². The summed E-state index contributed by atoms with van der Waals surface area (Å²) in [7, 11) is 0. The fourth-order valence-corrected chi connectivity index (χ4v) is 8.41. The molecule has 0 radical (unpaired) electrons. The topological polar surface area (TPSA) is 168 Å². The van der Waals surface area contributed by atoms with Crippen LogP contribution < -0.4 is 26.8 Å². The Balaban J connectivity index is 1.16. The number of aromatic nitrogens is 1. The first-order chi connectivity index (χ1) is 28.4. The van der Waals surface area contributed by atoms with Crippen LogP contribution in [0.2, 0.25) is 0 Å². The molecule has 0 aliphatic heterocycles. The van der Waals surface area contributed by atoms with Gasteiger partial charge in [0.1, 0.15) is 24.3 Å². The lowest BCUT2D eigenvalue weighted by atomic mass is 9.84. The van der Waals surface area contributed by atoms with Crippen molar-refractivity contribution in [3.8, 4) is 11.1 Å². The Morgan fingerprint density at radius 1 is 0.814 bits per heavy atom. The second kappa shape index (κ2) is 19.9. The van der Waals surface area contributed by atoms with Crippen LogP contribution in [0.4, 0.5) is 15.3 Å². The van der Waals surface area contributed by atoms with Crippen LogP contribution in [0.25, 0.3) is 22.0 Å². The summed E-state index contributed by atoms with van der Waals surface area (Å²) in [5.41, 5.74) is 5.57. The van der Waals surface area contributed by atoms with Crippen LogP contribution in [0.15, 0.2) is 77.6 Å². The maximum Gasteiger partial charge on any atom is 0.407 e. The predicted molar refractivity (Wildman–Crippen MR) is 230 cm³/mol. The number of hydrogen-bond acceptors (Lipinski definition) is 7. The molecule has 314 valence electrons. The quantitative estimate of drug-likeness (QED) is 0.0708. The number of anilines is 1. The first-order valence-corrected chi connectivity index (χ1v) is 21.2. The van der Waals surface area contributed by atoms with Gasteiger partial charge in [-0.25, -0.2) is 9.59 Å². The number of H-pyrrole nitrogens is 1. The number of carbonyl (C=O) groups excluding carboxylic acids is 4. The molecule has 2 aliphatic carbocycles. The zero-order valence-electron chi connectivity index (χ0n) is 34.8. The first-order valence-electron chi connectivity index (χ1n) is 21.2. The minimum atomic E-state index is -0.969. The number of pyridine rings is 1. The third-order valence-electron chi connectivity index (χ3n) is 11.2. The Morgan fingerprint density at radius 2 is 1.51 bits per heavy atom. The van der Waals surface area contributed by atoms with E-state index in [2.05, 4.69) is 57.4 Å². The number of aryl methyl sites for hydroxylation is 1. The van der Waals surface area contributed by atoms with Crippen molar-refractivity contribution >= 4 is 40.6 Å². The van der Waals surface area contributed by atoms with Gasteiger partial charge in [-0.1, -0.05) is 100 Å². The fraction of sp³-hybridized carbons (Fsp3) is 0.468. The summed E-state index contributed by atoms with van der Waals surface area (Å²) in [4.78, 5) is 69.4. The highest BCUT2D eigenvalue weighted by Crippen LogP contribution is 2.44. The summed E-state index contributed by atoms with van der Waals surface area (Å²) in [6, 6.07) is 21.3. The van der Waals surface area contributed by atoms with Crippen molar-refractivity contribution in [1.82, 2.24) is 20.9 Å². The molecular weight excluding hydrogens is 747 g/mol. The van der Waals surface area contributed by atoms with Gasteiger partial charge in [0.25, 0.3) is 0 Å². The lowest BCUT2D eigenvalue weighted by Crippen LogP contribution is -2.53. The Bertz CT molecular complexity index is 2120. The lowest BCUT2D eigenvalue weighted by Gasteiger charge is -2.28. The summed E-state index contributed by atoms with van der Waals surface area (Å²) >= 11 is 0. The molecule has 12 nitrogen and oxygen atoms in total. The lowest BCUT2D eigenvalue weighted by molar-refractivity contribution is -0.128. The van der Waals surface area contributed by atoms with E-state index in [0.717, 1.165) is 78.1 Å². The number of fused-ring (bicyclic) bond motifs is 4. The molecule has 0 saturated heterocycles. The van der Waals surface area contributed by atoms with E-state index in [1.165, 1.54) is 0 Å². The van der Waals surface area contributed by atoms with Crippen molar-refractivity contribution in [2.75, 3.05) is 18.5 Å². The molecule has 4 amide bonds. The van der Waals surface area contributed by atoms with Gasteiger partial charge in [0, 0.05) is 29.6 Å². The molecule has 6 rings (SSSR count). The molecule has 3 aromatic carbocycles. The van der Waals surface area contributed by atoms with E-state index in [-0.39, 0.29) is 30.4 Å².